The molecule has 4 rings (SSSR count). The smallest absolute Gasteiger partial charge is 0.306 e. The number of esters is 1. The van der Waals surface area contributed by atoms with Crippen molar-refractivity contribution in [3.05, 3.63) is 82.4 Å². The van der Waals surface area contributed by atoms with Crippen LogP contribution in [-0.4, -0.2) is 115 Å². The van der Waals surface area contributed by atoms with Crippen LogP contribution in [0.3, 0.4) is 0 Å². The predicted octanol–water partition coefficient (Wildman–Crippen LogP) is 6.43. The summed E-state index contributed by atoms with van der Waals surface area (Å²) >= 11 is 0. The van der Waals surface area contributed by atoms with Gasteiger partial charge in [0.15, 0.2) is 0 Å². The fourth-order valence-electron chi connectivity index (χ4n) is 6.65. The van der Waals surface area contributed by atoms with Gasteiger partial charge in [0, 0.05) is 12.5 Å². The number of fused-ring (bicyclic) bond motifs is 1. The molecule has 0 saturated heterocycles. The molecule has 304 valence electrons. The number of benzene rings is 3. The normalized spacial score (nSPS) is 14.8. The summed E-state index contributed by atoms with van der Waals surface area (Å²) in [4.78, 5) is 12.6. The minimum absolute atomic E-state index is 0.0909. The zero-order valence-electron chi connectivity index (χ0n) is 33.9. The molecule has 0 aliphatic heterocycles. The Morgan fingerprint density at radius 2 is 1.49 bits per heavy atom. The van der Waals surface area contributed by atoms with E-state index in [-0.39, 0.29) is 53.5 Å². The number of rotatable bonds is 24. The minimum atomic E-state index is -3.89. The lowest BCUT2D eigenvalue weighted by Gasteiger charge is -2.25. The van der Waals surface area contributed by atoms with E-state index in [0.717, 1.165) is 41.2 Å². The van der Waals surface area contributed by atoms with Crippen molar-refractivity contribution in [1.82, 2.24) is 4.31 Å². The van der Waals surface area contributed by atoms with Crippen molar-refractivity contribution < 1.29 is 41.6 Å². The monoisotopic (exact) mass is 819 g/mol. The molecule has 10 nitrogen and oxygen atoms in total. The van der Waals surface area contributed by atoms with Crippen LogP contribution < -0.4 is 9.47 Å². The molecule has 0 aromatic heterocycles. The Morgan fingerprint density at radius 3 is 2.07 bits per heavy atom. The lowest BCUT2D eigenvalue weighted by molar-refractivity contribution is -0.140. The Labute approximate surface area is 335 Å². The van der Waals surface area contributed by atoms with E-state index < -0.39 is 21.9 Å². The first kappa shape index (κ1) is 44.9. The Hall–Kier alpha value is -2.78. The molecule has 0 amide bonds. The van der Waals surface area contributed by atoms with Crippen molar-refractivity contribution in [1.29, 1.82) is 0 Å². The van der Waals surface area contributed by atoms with Gasteiger partial charge in [0.05, 0.1) is 64.1 Å². The Morgan fingerprint density at radius 1 is 0.855 bits per heavy atom. The SMILES string of the molecule is CCOCCOc1cc(C)c(-c2cccc3c2CC[C@H]3Oc2ccc(C(CC(=O)OC)CS(=O)(=O)N(COCC[S+](C)C)COCC[S+](C)C)cc2)c(C)c1. The average Bonchev–Trinajstić information content (AvgIpc) is 3.55. The maximum Gasteiger partial charge on any atom is 0.306 e. The van der Waals surface area contributed by atoms with Gasteiger partial charge in [0.1, 0.15) is 49.2 Å². The summed E-state index contributed by atoms with van der Waals surface area (Å²) < 4.78 is 63.5. The number of nitrogens with zero attached hydrogens (tertiary/aromatic N) is 1. The highest BCUT2D eigenvalue weighted by atomic mass is 32.2. The van der Waals surface area contributed by atoms with Crippen LogP contribution in [-0.2, 0) is 62.0 Å². The van der Waals surface area contributed by atoms with Gasteiger partial charge in [-0.25, -0.2) is 8.42 Å². The molecular weight excluding hydrogens is 759 g/mol. The highest BCUT2D eigenvalue weighted by molar-refractivity contribution is 7.95. The van der Waals surface area contributed by atoms with Crippen LogP contribution in [0.4, 0.5) is 0 Å². The molecule has 55 heavy (non-hydrogen) atoms. The molecule has 3 aromatic carbocycles. The molecule has 0 bridgehead atoms. The van der Waals surface area contributed by atoms with Crippen molar-refractivity contribution in [2.24, 2.45) is 0 Å². The summed E-state index contributed by atoms with van der Waals surface area (Å²) in [5.74, 6) is 1.77. The number of sulfonamides is 1. The summed E-state index contributed by atoms with van der Waals surface area (Å²) in [6, 6.07) is 18.0. The topological polar surface area (TPSA) is 110 Å². The van der Waals surface area contributed by atoms with Gasteiger partial charge in [0.2, 0.25) is 10.0 Å². The minimum Gasteiger partial charge on any atom is -0.491 e. The summed E-state index contributed by atoms with van der Waals surface area (Å²) in [7, 11) is -2.23. The van der Waals surface area contributed by atoms with Crippen LogP contribution in [0.15, 0.2) is 54.6 Å². The molecule has 0 N–H and O–H groups in total. The first-order chi connectivity index (χ1) is 26.3. The standard InChI is InChI=1S/C42H61NO9S3/c1-9-48-19-20-51-36-25-31(2)42(32(3)26-36)39-12-10-11-38-37(39)17-18-40(38)52-35-15-13-33(14-16-35)34(27-41(44)47-4)28-55(45,46)43(29-49-21-23-53(5)6)30-50-22-24-54(7)8/h10-16,25-26,34,40H,9,17-24,27-30H2,1-8H3/q+2/t34?,40-/m1/s1. The Bertz CT molecular complexity index is 1730. The van der Waals surface area contributed by atoms with Gasteiger partial charge in [0.25, 0.3) is 0 Å². The Kier molecular flexibility index (Phi) is 18.2. The van der Waals surface area contributed by atoms with Crippen LogP contribution in [0.2, 0.25) is 0 Å². The summed E-state index contributed by atoms with van der Waals surface area (Å²) in [5.41, 5.74) is 7.90. The summed E-state index contributed by atoms with van der Waals surface area (Å²) in [5, 5.41) is 0. The molecule has 1 unspecified atom stereocenters. The molecule has 0 fully saturated rings. The van der Waals surface area contributed by atoms with E-state index >= 15 is 0 Å². The van der Waals surface area contributed by atoms with E-state index in [1.54, 1.807) is 0 Å². The molecule has 0 radical (unpaired) electrons. The van der Waals surface area contributed by atoms with E-state index in [1.165, 1.54) is 33.7 Å². The molecular formula is C42H61NO9S3+2. The van der Waals surface area contributed by atoms with Gasteiger partial charge in [-0.3, -0.25) is 4.79 Å². The van der Waals surface area contributed by atoms with Crippen molar-refractivity contribution in [2.45, 2.75) is 52.1 Å². The molecule has 0 spiro atoms. The number of hydrogen-bond acceptors (Lipinski definition) is 9. The lowest BCUT2D eigenvalue weighted by atomic mass is 9.90. The average molecular weight is 820 g/mol. The summed E-state index contributed by atoms with van der Waals surface area (Å²) in [6.45, 7) is 8.65. The van der Waals surface area contributed by atoms with Crippen molar-refractivity contribution >= 4 is 37.8 Å². The van der Waals surface area contributed by atoms with Crippen LogP contribution in [0.1, 0.15) is 59.6 Å². The highest BCUT2D eigenvalue weighted by Crippen LogP contribution is 2.42. The molecule has 2 atom stereocenters. The maximum atomic E-state index is 13.9. The number of carbonyl (C=O) groups is 1. The molecule has 3 aromatic rings. The van der Waals surface area contributed by atoms with E-state index in [0.29, 0.717) is 44.3 Å². The predicted molar refractivity (Wildman–Crippen MR) is 226 cm³/mol. The van der Waals surface area contributed by atoms with Crippen LogP contribution >= 0.6 is 0 Å². The van der Waals surface area contributed by atoms with Gasteiger partial charge in [-0.15, -0.1) is 0 Å². The number of ether oxygens (including phenoxy) is 6. The second kappa shape index (κ2) is 22.2. The molecule has 0 heterocycles. The first-order valence-corrected chi connectivity index (χ1v) is 24.8. The molecule has 1 aliphatic carbocycles. The fraction of sp³-hybridized carbons (Fsp3) is 0.548. The van der Waals surface area contributed by atoms with Crippen molar-refractivity contribution in [2.75, 3.05) is 95.9 Å². The van der Waals surface area contributed by atoms with E-state index in [2.05, 4.69) is 69.2 Å². The van der Waals surface area contributed by atoms with Crippen LogP contribution in [0, 0.1) is 13.8 Å². The second-order valence-corrected chi connectivity index (χ2v) is 21.0. The van der Waals surface area contributed by atoms with Gasteiger partial charge in [-0.1, -0.05) is 30.3 Å². The van der Waals surface area contributed by atoms with Gasteiger partial charge >= 0.3 is 5.97 Å². The molecule has 13 heteroatoms. The Balaban J connectivity index is 1.49. The third kappa shape index (κ3) is 13.7. The number of methoxy groups -OCH3 is 1. The van der Waals surface area contributed by atoms with Crippen molar-refractivity contribution in [3.63, 3.8) is 0 Å². The number of aryl methyl sites for hydroxylation is 2. The third-order valence-electron chi connectivity index (χ3n) is 9.51. The lowest BCUT2D eigenvalue weighted by Crippen LogP contribution is -2.39. The quantitative estimate of drug-likeness (QED) is 0.0437. The van der Waals surface area contributed by atoms with Gasteiger partial charge in [-0.2, -0.15) is 4.31 Å². The summed E-state index contributed by atoms with van der Waals surface area (Å²) in [6.07, 6.45) is 9.99. The second-order valence-electron chi connectivity index (χ2n) is 14.2. The maximum absolute atomic E-state index is 13.9. The number of carbonyl (C=O) groups excluding carboxylic acids is 1. The van der Waals surface area contributed by atoms with E-state index in [9.17, 15) is 13.2 Å². The molecule has 1 aliphatic rings. The number of hydrogen-bond donors (Lipinski definition) is 0. The van der Waals surface area contributed by atoms with E-state index in [1.807, 2.05) is 31.2 Å². The first-order valence-electron chi connectivity index (χ1n) is 18.8. The zero-order valence-corrected chi connectivity index (χ0v) is 36.3. The van der Waals surface area contributed by atoms with Gasteiger partial charge < -0.3 is 28.4 Å². The van der Waals surface area contributed by atoms with Gasteiger partial charge in [-0.05, 0) is 119 Å². The van der Waals surface area contributed by atoms with Crippen LogP contribution in [0.5, 0.6) is 11.5 Å². The van der Waals surface area contributed by atoms with Crippen LogP contribution in [0.25, 0.3) is 11.1 Å². The zero-order chi connectivity index (χ0) is 40.0. The molecule has 0 saturated carbocycles. The fourth-order valence-corrected chi connectivity index (χ4v) is 9.05. The largest absolute Gasteiger partial charge is 0.491 e. The highest BCUT2D eigenvalue weighted by Gasteiger charge is 2.31. The third-order valence-corrected chi connectivity index (χ3v) is 13.3. The van der Waals surface area contributed by atoms with E-state index in [4.69, 9.17) is 28.4 Å². The van der Waals surface area contributed by atoms with Crippen molar-refractivity contribution in [3.8, 4) is 22.6 Å².